The number of carbonyl (C=O) groups excluding carboxylic acids is 2. The first kappa shape index (κ1) is 33.1. The third kappa shape index (κ3) is 8.67. The third-order valence-electron chi connectivity index (χ3n) is 6.25. The van der Waals surface area contributed by atoms with Gasteiger partial charge in [-0.15, -0.1) is 0 Å². The van der Waals surface area contributed by atoms with Crippen LogP contribution in [0.5, 0.6) is 11.5 Å². The van der Waals surface area contributed by atoms with Gasteiger partial charge in [0.1, 0.15) is 18.1 Å². The first-order valence-electron chi connectivity index (χ1n) is 13.3. The summed E-state index contributed by atoms with van der Waals surface area (Å²) >= 11 is 9.73. The monoisotopic (exact) mass is 835 g/mol. The van der Waals surface area contributed by atoms with Crippen molar-refractivity contribution in [1.82, 2.24) is 16.1 Å². The SMILES string of the molecule is CCOC(=O)C1=C(C)NC(=S)N[C@H]1c1ccccc1OCC(=O)NN=Cc1cc(I)cc(I)c1OCc1ccc(C#N)cc1. The van der Waals surface area contributed by atoms with Crippen molar-refractivity contribution in [3.8, 4) is 17.6 Å². The molecule has 0 saturated carbocycles. The van der Waals surface area contributed by atoms with E-state index in [2.05, 4.69) is 72.4 Å². The van der Waals surface area contributed by atoms with Gasteiger partial charge in [0.25, 0.3) is 5.91 Å². The van der Waals surface area contributed by atoms with Gasteiger partial charge in [0, 0.05) is 20.4 Å². The van der Waals surface area contributed by atoms with E-state index in [4.69, 9.17) is 31.7 Å². The minimum atomic E-state index is -0.634. The van der Waals surface area contributed by atoms with Gasteiger partial charge < -0.3 is 24.8 Å². The molecule has 3 N–H and O–H groups in total. The number of para-hydroxylation sites is 1. The summed E-state index contributed by atoms with van der Waals surface area (Å²) in [6.07, 6.45) is 1.52. The number of nitriles is 1. The van der Waals surface area contributed by atoms with Crippen molar-refractivity contribution >= 4 is 80.6 Å². The number of nitrogens with one attached hydrogen (secondary N) is 3. The van der Waals surface area contributed by atoms with Crippen molar-refractivity contribution < 1.29 is 23.8 Å². The Morgan fingerprint density at radius 2 is 1.89 bits per heavy atom. The van der Waals surface area contributed by atoms with Crippen LogP contribution in [0.3, 0.4) is 0 Å². The van der Waals surface area contributed by atoms with Gasteiger partial charge in [-0.05, 0) is 107 Å². The van der Waals surface area contributed by atoms with Crippen LogP contribution in [0.2, 0.25) is 0 Å². The minimum Gasteiger partial charge on any atom is -0.487 e. The quantitative estimate of drug-likeness (QED) is 0.0781. The zero-order valence-corrected chi connectivity index (χ0v) is 28.8. The minimum absolute atomic E-state index is 0.220. The lowest BCUT2D eigenvalue weighted by atomic mass is 9.95. The number of carbonyl (C=O) groups is 2. The molecule has 10 nitrogen and oxygen atoms in total. The van der Waals surface area contributed by atoms with E-state index in [0.29, 0.717) is 51.2 Å². The molecule has 226 valence electrons. The number of halogens is 2. The summed E-state index contributed by atoms with van der Waals surface area (Å²) < 4.78 is 19.1. The van der Waals surface area contributed by atoms with Crippen molar-refractivity contribution in [1.29, 1.82) is 5.26 Å². The maximum absolute atomic E-state index is 12.8. The highest BCUT2D eigenvalue weighted by atomic mass is 127. The molecule has 0 saturated heterocycles. The summed E-state index contributed by atoms with van der Waals surface area (Å²) in [6.45, 7) is 3.68. The molecule has 0 spiro atoms. The van der Waals surface area contributed by atoms with Crippen molar-refractivity contribution in [2.45, 2.75) is 26.5 Å². The van der Waals surface area contributed by atoms with E-state index in [1.807, 2.05) is 24.3 Å². The standard InChI is InChI=1S/C31H27I2N5O5S/c1-3-41-30(40)27-18(2)36-31(44)37-28(27)23-6-4-5-7-25(23)42-17-26(39)38-35-15-21-12-22(32)13-24(33)29(21)43-16-20-10-8-19(14-34)9-11-20/h4-13,15,28H,3,16-17H2,1-2H3,(H,38,39)(H2,36,37,44)/t28-/m0/s1. The molecular weight excluding hydrogens is 808 g/mol. The van der Waals surface area contributed by atoms with Crippen molar-refractivity contribution in [3.05, 3.63) is 101 Å². The molecule has 1 amide bonds. The summed E-state index contributed by atoms with van der Waals surface area (Å²) in [5.41, 5.74) is 6.23. The number of rotatable bonds is 11. The van der Waals surface area contributed by atoms with Crippen LogP contribution in [-0.4, -0.2) is 36.4 Å². The van der Waals surface area contributed by atoms with Crippen LogP contribution in [0.25, 0.3) is 0 Å². The van der Waals surface area contributed by atoms with E-state index in [0.717, 1.165) is 12.7 Å². The second-order valence-electron chi connectivity index (χ2n) is 9.31. The zero-order chi connectivity index (χ0) is 31.6. The van der Waals surface area contributed by atoms with Crippen LogP contribution >= 0.6 is 57.4 Å². The van der Waals surface area contributed by atoms with Crippen LogP contribution in [0.4, 0.5) is 0 Å². The Labute approximate surface area is 287 Å². The maximum atomic E-state index is 12.8. The Morgan fingerprint density at radius 3 is 2.61 bits per heavy atom. The van der Waals surface area contributed by atoms with Gasteiger partial charge >= 0.3 is 5.97 Å². The lowest BCUT2D eigenvalue weighted by molar-refractivity contribution is -0.139. The number of ether oxygens (including phenoxy) is 3. The van der Waals surface area contributed by atoms with Crippen molar-refractivity contribution in [3.63, 3.8) is 0 Å². The topological polar surface area (TPSA) is 134 Å². The van der Waals surface area contributed by atoms with Crippen molar-refractivity contribution in [2.24, 2.45) is 5.10 Å². The number of hydrazone groups is 1. The number of benzene rings is 3. The van der Waals surface area contributed by atoms with Gasteiger partial charge in [-0.3, -0.25) is 4.79 Å². The number of esters is 1. The fourth-order valence-corrected chi connectivity index (χ4v) is 6.58. The Hall–Kier alpha value is -3.75. The highest BCUT2D eigenvalue weighted by Gasteiger charge is 2.32. The summed E-state index contributed by atoms with van der Waals surface area (Å²) in [5, 5.41) is 19.6. The smallest absolute Gasteiger partial charge is 0.338 e. The van der Waals surface area contributed by atoms with E-state index in [-0.39, 0.29) is 13.2 Å². The zero-order valence-electron chi connectivity index (χ0n) is 23.6. The summed E-state index contributed by atoms with van der Waals surface area (Å²) in [4.78, 5) is 25.5. The number of allylic oxidation sites excluding steroid dienone is 1. The summed E-state index contributed by atoms with van der Waals surface area (Å²) in [5.74, 6) is 0.0493. The molecule has 1 aliphatic rings. The molecule has 0 unspecified atom stereocenters. The molecular formula is C31H27I2N5O5S. The Kier molecular flexibility index (Phi) is 11.9. The number of hydrogen-bond donors (Lipinski definition) is 3. The Balaban J connectivity index is 1.43. The Morgan fingerprint density at radius 1 is 1.14 bits per heavy atom. The predicted molar refractivity (Wildman–Crippen MR) is 186 cm³/mol. The summed E-state index contributed by atoms with van der Waals surface area (Å²) in [6, 6.07) is 19.6. The average Bonchev–Trinajstić information content (AvgIpc) is 2.99. The first-order valence-corrected chi connectivity index (χ1v) is 15.9. The van der Waals surface area contributed by atoms with E-state index in [9.17, 15) is 9.59 Å². The van der Waals surface area contributed by atoms with Crippen LogP contribution < -0.4 is 25.5 Å². The van der Waals surface area contributed by atoms with Gasteiger partial charge in [-0.1, -0.05) is 30.3 Å². The average molecular weight is 835 g/mol. The lowest BCUT2D eigenvalue weighted by Crippen LogP contribution is -2.45. The number of hydrogen-bond acceptors (Lipinski definition) is 8. The van der Waals surface area contributed by atoms with E-state index in [1.165, 1.54) is 6.21 Å². The van der Waals surface area contributed by atoms with Gasteiger partial charge in [-0.25, -0.2) is 10.2 Å². The van der Waals surface area contributed by atoms with Crippen molar-refractivity contribution in [2.75, 3.05) is 13.2 Å². The molecule has 3 aromatic carbocycles. The second-order valence-corrected chi connectivity index (χ2v) is 12.1. The first-order chi connectivity index (χ1) is 21.2. The van der Waals surface area contributed by atoms with Crippen LogP contribution in [0.15, 0.2) is 77.0 Å². The highest BCUT2D eigenvalue weighted by Crippen LogP contribution is 2.33. The van der Waals surface area contributed by atoms with Crippen LogP contribution in [0, 0.1) is 18.5 Å². The normalized spacial score (nSPS) is 14.3. The highest BCUT2D eigenvalue weighted by molar-refractivity contribution is 14.1. The molecule has 0 aliphatic carbocycles. The van der Waals surface area contributed by atoms with E-state index >= 15 is 0 Å². The third-order valence-corrected chi connectivity index (χ3v) is 7.89. The molecule has 4 rings (SSSR count). The fraction of sp³-hybridized carbons (Fsp3) is 0.194. The summed E-state index contributed by atoms with van der Waals surface area (Å²) in [7, 11) is 0. The molecule has 3 aromatic rings. The maximum Gasteiger partial charge on any atom is 0.338 e. The lowest BCUT2D eigenvalue weighted by Gasteiger charge is -2.30. The van der Waals surface area contributed by atoms with E-state index in [1.54, 1.807) is 50.2 Å². The molecule has 0 aromatic heterocycles. The molecule has 0 radical (unpaired) electrons. The Bertz CT molecular complexity index is 1670. The van der Waals surface area contributed by atoms with E-state index < -0.39 is 17.9 Å². The molecule has 1 aliphatic heterocycles. The molecule has 13 heteroatoms. The number of amides is 1. The molecule has 0 fully saturated rings. The van der Waals surface area contributed by atoms with Gasteiger partial charge in [0.05, 0.1) is 39.6 Å². The number of nitrogens with zero attached hydrogens (tertiary/aromatic N) is 2. The fourth-order valence-electron chi connectivity index (χ4n) is 4.27. The number of thiocarbonyl (C=S) groups is 1. The molecule has 0 bridgehead atoms. The van der Waals surface area contributed by atoms with Crippen LogP contribution in [-0.2, 0) is 20.9 Å². The molecule has 1 atom stereocenters. The van der Waals surface area contributed by atoms with Gasteiger partial charge in [0.15, 0.2) is 11.7 Å². The van der Waals surface area contributed by atoms with Gasteiger partial charge in [0.2, 0.25) is 0 Å². The largest absolute Gasteiger partial charge is 0.487 e. The molecule has 1 heterocycles. The molecule has 44 heavy (non-hydrogen) atoms. The van der Waals surface area contributed by atoms with Crippen LogP contribution in [0.1, 0.15) is 42.1 Å². The predicted octanol–water partition coefficient (Wildman–Crippen LogP) is 5.23. The van der Waals surface area contributed by atoms with Gasteiger partial charge in [-0.2, -0.15) is 10.4 Å². The second kappa shape index (κ2) is 15.8.